The topological polar surface area (TPSA) is 64.1 Å². The molecule has 3 aromatic rings. The van der Waals surface area contributed by atoms with Gasteiger partial charge in [-0.05, 0) is 60.5 Å². The van der Waals surface area contributed by atoms with E-state index in [9.17, 15) is 4.79 Å². The van der Waals surface area contributed by atoms with Gasteiger partial charge < -0.3 is 10.1 Å². The number of aromatic nitrogens is 2. The summed E-state index contributed by atoms with van der Waals surface area (Å²) in [6.45, 7) is 2.83. The summed E-state index contributed by atoms with van der Waals surface area (Å²) >= 11 is 1.53. The molecule has 0 spiro atoms. The summed E-state index contributed by atoms with van der Waals surface area (Å²) in [6.07, 6.45) is 7.35. The second-order valence-corrected chi connectivity index (χ2v) is 7.14. The number of thioether (sulfide) groups is 1. The van der Waals surface area contributed by atoms with Crippen molar-refractivity contribution in [1.82, 2.24) is 9.97 Å². The zero-order valence-electron chi connectivity index (χ0n) is 15.8. The highest BCUT2D eigenvalue weighted by molar-refractivity contribution is 7.98. The summed E-state index contributed by atoms with van der Waals surface area (Å²) in [6, 6.07) is 14.9. The van der Waals surface area contributed by atoms with Gasteiger partial charge in [-0.2, -0.15) is 0 Å². The predicted octanol–water partition coefficient (Wildman–Crippen LogP) is 5.20. The van der Waals surface area contributed by atoms with Crippen LogP contribution >= 0.6 is 11.8 Å². The van der Waals surface area contributed by atoms with Gasteiger partial charge in [-0.1, -0.05) is 13.3 Å². The van der Waals surface area contributed by atoms with Crippen LogP contribution in [0.3, 0.4) is 0 Å². The fourth-order valence-electron chi connectivity index (χ4n) is 2.48. The molecule has 0 saturated heterocycles. The summed E-state index contributed by atoms with van der Waals surface area (Å²) in [5.41, 5.74) is 2.42. The first-order chi connectivity index (χ1) is 13.8. The van der Waals surface area contributed by atoms with Gasteiger partial charge in [0.05, 0.1) is 12.2 Å². The van der Waals surface area contributed by atoms with Crippen molar-refractivity contribution in [3.63, 3.8) is 0 Å². The van der Waals surface area contributed by atoms with Crippen molar-refractivity contribution in [2.75, 3.05) is 11.9 Å². The second kappa shape index (κ2) is 10.5. The lowest BCUT2D eigenvalue weighted by molar-refractivity contribution is 0.102. The number of benzene rings is 1. The van der Waals surface area contributed by atoms with Crippen LogP contribution in [0.1, 0.15) is 35.7 Å². The monoisotopic (exact) mass is 393 g/mol. The first-order valence-electron chi connectivity index (χ1n) is 9.27. The Bertz CT molecular complexity index is 886. The number of carbonyl (C=O) groups is 1. The van der Waals surface area contributed by atoms with Gasteiger partial charge in [-0.15, -0.1) is 11.8 Å². The van der Waals surface area contributed by atoms with Crippen LogP contribution in [-0.2, 0) is 5.75 Å². The Hall–Kier alpha value is -2.86. The maximum Gasteiger partial charge on any atom is 0.258 e. The lowest BCUT2D eigenvalue weighted by Gasteiger charge is -2.10. The summed E-state index contributed by atoms with van der Waals surface area (Å²) in [7, 11) is 0. The Kier molecular flexibility index (Phi) is 7.44. The molecule has 1 N–H and O–H groups in total. The van der Waals surface area contributed by atoms with Crippen molar-refractivity contribution in [2.45, 2.75) is 30.5 Å². The van der Waals surface area contributed by atoms with Crippen LogP contribution in [0.4, 0.5) is 5.69 Å². The van der Waals surface area contributed by atoms with Gasteiger partial charge in [0, 0.05) is 30.0 Å². The molecule has 0 unspecified atom stereocenters. The van der Waals surface area contributed by atoms with Gasteiger partial charge in [0.1, 0.15) is 10.8 Å². The predicted molar refractivity (Wildman–Crippen MR) is 113 cm³/mol. The van der Waals surface area contributed by atoms with E-state index in [-0.39, 0.29) is 5.91 Å². The lowest BCUT2D eigenvalue weighted by Crippen LogP contribution is -2.13. The van der Waals surface area contributed by atoms with E-state index in [0.717, 1.165) is 35.6 Å². The van der Waals surface area contributed by atoms with Crippen molar-refractivity contribution in [3.8, 4) is 5.75 Å². The number of hydrogen-bond acceptors (Lipinski definition) is 5. The number of ether oxygens (including phenoxy) is 1. The summed E-state index contributed by atoms with van der Waals surface area (Å²) in [5, 5.41) is 3.64. The standard InChI is InChI=1S/C22H23N3O2S/c1-2-3-15-27-19-8-6-18(7-9-19)25-21(26)20-5-4-12-24-22(20)28-16-17-10-13-23-14-11-17/h4-14H,2-3,15-16H2,1H3,(H,25,26). The van der Waals surface area contributed by atoms with Crippen LogP contribution in [0.25, 0.3) is 0 Å². The smallest absolute Gasteiger partial charge is 0.258 e. The molecule has 2 heterocycles. The number of rotatable bonds is 9. The van der Waals surface area contributed by atoms with E-state index in [0.29, 0.717) is 17.2 Å². The molecule has 0 fully saturated rings. The number of nitrogens with one attached hydrogen (secondary N) is 1. The van der Waals surface area contributed by atoms with Crippen LogP contribution < -0.4 is 10.1 Å². The molecule has 0 aliphatic rings. The molecule has 1 aromatic carbocycles. The highest BCUT2D eigenvalue weighted by Crippen LogP contribution is 2.25. The van der Waals surface area contributed by atoms with Crippen molar-refractivity contribution in [3.05, 3.63) is 78.2 Å². The van der Waals surface area contributed by atoms with E-state index in [2.05, 4.69) is 22.2 Å². The number of pyridine rings is 2. The van der Waals surface area contributed by atoms with E-state index < -0.39 is 0 Å². The molecule has 28 heavy (non-hydrogen) atoms. The number of amides is 1. The SMILES string of the molecule is CCCCOc1ccc(NC(=O)c2cccnc2SCc2ccncc2)cc1. The van der Waals surface area contributed by atoms with Crippen LogP contribution in [0.5, 0.6) is 5.75 Å². The Morgan fingerprint density at radius 1 is 1.07 bits per heavy atom. The lowest BCUT2D eigenvalue weighted by atomic mass is 10.2. The van der Waals surface area contributed by atoms with E-state index in [1.165, 1.54) is 11.8 Å². The molecule has 0 aliphatic heterocycles. The molecular weight excluding hydrogens is 370 g/mol. The molecule has 6 heteroatoms. The molecule has 0 aliphatic carbocycles. The van der Waals surface area contributed by atoms with Crippen molar-refractivity contribution < 1.29 is 9.53 Å². The fourth-order valence-corrected chi connectivity index (χ4v) is 3.42. The van der Waals surface area contributed by atoms with Crippen molar-refractivity contribution >= 4 is 23.4 Å². The van der Waals surface area contributed by atoms with Gasteiger partial charge in [0.25, 0.3) is 5.91 Å². The van der Waals surface area contributed by atoms with Crippen molar-refractivity contribution in [2.24, 2.45) is 0 Å². The van der Waals surface area contributed by atoms with Crippen LogP contribution in [0.15, 0.2) is 72.1 Å². The minimum Gasteiger partial charge on any atom is -0.494 e. The Labute approximate surface area is 169 Å². The number of carbonyl (C=O) groups excluding carboxylic acids is 1. The minimum absolute atomic E-state index is 0.176. The number of unbranched alkanes of at least 4 members (excludes halogenated alkanes) is 1. The minimum atomic E-state index is -0.176. The molecule has 5 nitrogen and oxygen atoms in total. The van der Waals surface area contributed by atoms with Crippen LogP contribution in [0, 0.1) is 0 Å². The van der Waals surface area contributed by atoms with Crippen molar-refractivity contribution in [1.29, 1.82) is 0 Å². The Balaban J connectivity index is 1.62. The molecule has 0 saturated carbocycles. The quantitative estimate of drug-likeness (QED) is 0.400. The van der Waals surface area contributed by atoms with Gasteiger partial charge >= 0.3 is 0 Å². The molecule has 1 amide bonds. The largest absolute Gasteiger partial charge is 0.494 e. The van der Waals surface area contributed by atoms with Crippen LogP contribution in [-0.4, -0.2) is 22.5 Å². The van der Waals surface area contributed by atoms with Gasteiger partial charge in [0.15, 0.2) is 0 Å². The van der Waals surface area contributed by atoms with E-state index in [1.807, 2.05) is 36.4 Å². The number of anilines is 1. The van der Waals surface area contributed by atoms with Gasteiger partial charge in [-0.25, -0.2) is 4.98 Å². The second-order valence-electron chi connectivity index (χ2n) is 6.18. The zero-order valence-corrected chi connectivity index (χ0v) is 16.6. The third-order valence-corrected chi connectivity index (χ3v) is 5.10. The van der Waals surface area contributed by atoms with E-state index in [1.54, 1.807) is 30.7 Å². The summed E-state index contributed by atoms with van der Waals surface area (Å²) in [5.74, 6) is 1.36. The number of nitrogens with zero attached hydrogens (tertiary/aromatic N) is 2. The number of hydrogen-bond donors (Lipinski definition) is 1. The maximum absolute atomic E-state index is 12.7. The van der Waals surface area contributed by atoms with Gasteiger partial charge in [-0.3, -0.25) is 9.78 Å². The average molecular weight is 394 g/mol. The van der Waals surface area contributed by atoms with E-state index in [4.69, 9.17) is 4.74 Å². The fraction of sp³-hybridized carbons (Fsp3) is 0.227. The third kappa shape index (κ3) is 5.82. The Morgan fingerprint density at radius 3 is 2.61 bits per heavy atom. The summed E-state index contributed by atoms with van der Waals surface area (Å²) in [4.78, 5) is 21.1. The molecule has 0 bridgehead atoms. The highest BCUT2D eigenvalue weighted by Gasteiger charge is 2.13. The molecule has 2 aromatic heterocycles. The first-order valence-corrected chi connectivity index (χ1v) is 10.3. The highest BCUT2D eigenvalue weighted by atomic mass is 32.2. The maximum atomic E-state index is 12.7. The zero-order chi connectivity index (χ0) is 19.6. The average Bonchev–Trinajstić information content (AvgIpc) is 2.74. The molecule has 144 valence electrons. The Morgan fingerprint density at radius 2 is 1.86 bits per heavy atom. The molecule has 0 radical (unpaired) electrons. The van der Waals surface area contributed by atoms with Gasteiger partial charge in [0.2, 0.25) is 0 Å². The molecule has 3 rings (SSSR count). The first kappa shape index (κ1) is 19.9. The van der Waals surface area contributed by atoms with E-state index >= 15 is 0 Å². The summed E-state index contributed by atoms with van der Waals surface area (Å²) < 4.78 is 5.65. The third-order valence-electron chi connectivity index (χ3n) is 4.02. The normalized spacial score (nSPS) is 10.5. The van der Waals surface area contributed by atoms with Crippen LogP contribution in [0.2, 0.25) is 0 Å². The molecular formula is C22H23N3O2S. The molecule has 0 atom stereocenters.